The highest BCUT2D eigenvalue weighted by atomic mass is 16.5. The molecule has 1 fully saturated rings. The van der Waals surface area contributed by atoms with Gasteiger partial charge in [-0.15, -0.1) is 0 Å². The van der Waals surface area contributed by atoms with Gasteiger partial charge < -0.3 is 14.8 Å². The van der Waals surface area contributed by atoms with Gasteiger partial charge in [0.2, 0.25) is 0 Å². The van der Waals surface area contributed by atoms with Gasteiger partial charge in [0.25, 0.3) is 0 Å². The molecule has 1 aromatic rings. The van der Waals surface area contributed by atoms with Crippen molar-refractivity contribution in [2.24, 2.45) is 5.92 Å². The normalized spacial score (nSPS) is 23.8. The average Bonchev–Trinajstić information content (AvgIpc) is 2.53. The van der Waals surface area contributed by atoms with E-state index in [1.165, 1.54) is 25.7 Å². The maximum absolute atomic E-state index is 6.49. The Morgan fingerprint density at radius 3 is 2.71 bits per heavy atom. The average molecular weight is 291 g/mol. The quantitative estimate of drug-likeness (QED) is 0.825. The fourth-order valence-corrected chi connectivity index (χ4v) is 3.13. The van der Waals surface area contributed by atoms with Crippen molar-refractivity contribution in [3.05, 3.63) is 29.8 Å². The second-order valence-corrected chi connectivity index (χ2v) is 5.97. The van der Waals surface area contributed by atoms with E-state index in [9.17, 15) is 0 Å². The van der Waals surface area contributed by atoms with Crippen LogP contribution in [-0.2, 0) is 4.74 Å². The maximum atomic E-state index is 6.49. The second-order valence-electron chi connectivity index (χ2n) is 5.97. The summed E-state index contributed by atoms with van der Waals surface area (Å²) >= 11 is 0. The van der Waals surface area contributed by atoms with Crippen LogP contribution in [0.2, 0.25) is 0 Å². The van der Waals surface area contributed by atoms with Crippen LogP contribution in [0.1, 0.15) is 51.2 Å². The molecule has 0 aromatic heterocycles. The van der Waals surface area contributed by atoms with Crippen LogP contribution < -0.4 is 10.1 Å². The largest absolute Gasteiger partial charge is 0.496 e. The molecule has 1 aromatic carbocycles. The van der Waals surface area contributed by atoms with Crippen LogP contribution in [0.3, 0.4) is 0 Å². The first-order valence-corrected chi connectivity index (χ1v) is 8.25. The van der Waals surface area contributed by atoms with Crippen molar-refractivity contribution >= 4 is 0 Å². The van der Waals surface area contributed by atoms with Gasteiger partial charge in [0.1, 0.15) is 5.75 Å². The van der Waals surface area contributed by atoms with E-state index in [1.54, 1.807) is 7.11 Å². The molecule has 0 aliphatic heterocycles. The van der Waals surface area contributed by atoms with Crippen molar-refractivity contribution in [1.82, 2.24) is 5.32 Å². The summed E-state index contributed by atoms with van der Waals surface area (Å²) < 4.78 is 12.0. The summed E-state index contributed by atoms with van der Waals surface area (Å²) in [5.41, 5.74) is 1.15. The van der Waals surface area contributed by atoms with Crippen molar-refractivity contribution < 1.29 is 9.47 Å². The van der Waals surface area contributed by atoms with Gasteiger partial charge in [-0.05, 0) is 31.4 Å². The van der Waals surface area contributed by atoms with E-state index < -0.39 is 0 Å². The molecule has 118 valence electrons. The molecule has 0 radical (unpaired) electrons. The van der Waals surface area contributed by atoms with Gasteiger partial charge in [0.05, 0.1) is 19.3 Å². The molecule has 0 heterocycles. The molecule has 1 aliphatic rings. The number of hydrogen-bond acceptors (Lipinski definition) is 3. The topological polar surface area (TPSA) is 30.5 Å². The first kappa shape index (κ1) is 16.3. The summed E-state index contributed by atoms with van der Waals surface area (Å²) in [6.07, 6.45) is 5.52. The number of hydrogen-bond donors (Lipinski definition) is 1. The van der Waals surface area contributed by atoms with Gasteiger partial charge in [-0.1, -0.05) is 44.9 Å². The lowest BCUT2D eigenvalue weighted by Crippen LogP contribution is -2.32. The Labute approximate surface area is 129 Å². The number of methoxy groups -OCH3 is 1. The molecule has 2 rings (SSSR count). The first-order chi connectivity index (χ1) is 10.3. The zero-order chi connectivity index (χ0) is 15.1. The fraction of sp³-hybridized carbons (Fsp3) is 0.667. The summed E-state index contributed by atoms with van der Waals surface area (Å²) in [5.74, 6) is 1.57. The zero-order valence-electron chi connectivity index (χ0n) is 13.6. The summed E-state index contributed by atoms with van der Waals surface area (Å²) in [7, 11) is 1.73. The van der Waals surface area contributed by atoms with Crippen LogP contribution in [-0.4, -0.2) is 26.3 Å². The van der Waals surface area contributed by atoms with E-state index >= 15 is 0 Å². The van der Waals surface area contributed by atoms with Crippen molar-refractivity contribution in [2.45, 2.75) is 51.7 Å². The van der Waals surface area contributed by atoms with Crippen molar-refractivity contribution in [3.63, 3.8) is 0 Å². The van der Waals surface area contributed by atoms with Crippen molar-refractivity contribution in [3.8, 4) is 5.75 Å². The molecule has 21 heavy (non-hydrogen) atoms. The van der Waals surface area contributed by atoms with Gasteiger partial charge in [-0.2, -0.15) is 0 Å². The van der Waals surface area contributed by atoms with Crippen LogP contribution in [0.5, 0.6) is 5.75 Å². The summed E-state index contributed by atoms with van der Waals surface area (Å²) in [6, 6.07) is 8.20. The van der Waals surface area contributed by atoms with Crippen LogP contribution >= 0.6 is 0 Å². The van der Waals surface area contributed by atoms with Crippen LogP contribution in [0.15, 0.2) is 24.3 Å². The number of rotatable bonds is 7. The van der Waals surface area contributed by atoms with Gasteiger partial charge >= 0.3 is 0 Å². The number of ether oxygens (including phenoxy) is 2. The number of likely N-dealkylation sites (N-methyl/N-ethyl adjacent to an activating group) is 1. The Morgan fingerprint density at radius 1 is 1.24 bits per heavy atom. The van der Waals surface area contributed by atoms with Crippen molar-refractivity contribution in [2.75, 3.05) is 20.2 Å². The Kier molecular flexibility index (Phi) is 6.52. The van der Waals surface area contributed by atoms with E-state index in [-0.39, 0.29) is 6.10 Å². The summed E-state index contributed by atoms with van der Waals surface area (Å²) in [4.78, 5) is 0. The SMILES string of the molecule is CCNCC(OC1CCCCC1C)c1ccccc1OC. The molecule has 1 saturated carbocycles. The zero-order valence-corrected chi connectivity index (χ0v) is 13.6. The fourth-order valence-electron chi connectivity index (χ4n) is 3.13. The molecule has 3 heteroatoms. The van der Waals surface area contributed by atoms with Gasteiger partial charge in [0.15, 0.2) is 0 Å². The van der Waals surface area contributed by atoms with Crippen LogP contribution in [0.25, 0.3) is 0 Å². The van der Waals surface area contributed by atoms with Gasteiger partial charge in [-0.3, -0.25) is 0 Å². The minimum absolute atomic E-state index is 0.0617. The van der Waals surface area contributed by atoms with E-state index in [0.717, 1.165) is 24.4 Å². The van der Waals surface area contributed by atoms with E-state index in [4.69, 9.17) is 9.47 Å². The maximum Gasteiger partial charge on any atom is 0.124 e. The van der Waals surface area contributed by atoms with Crippen molar-refractivity contribution in [1.29, 1.82) is 0 Å². The lowest BCUT2D eigenvalue weighted by molar-refractivity contribution is -0.0569. The van der Waals surface area contributed by atoms with E-state index in [0.29, 0.717) is 12.0 Å². The van der Waals surface area contributed by atoms with Crippen LogP contribution in [0.4, 0.5) is 0 Å². The Balaban J connectivity index is 2.13. The highest BCUT2D eigenvalue weighted by Gasteiger charge is 2.26. The molecule has 0 spiro atoms. The predicted molar refractivity (Wildman–Crippen MR) is 86.8 cm³/mol. The molecular weight excluding hydrogens is 262 g/mol. The molecule has 0 amide bonds. The van der Waals surface area contributed by atoms with E-state index in [2.05, 4.69) is 31.3 Å². The molecule has 3 unspecified atom stereocenters. The minimum Gasteiger partial charge on any atom is -0.496 e. The highest BCUT2D eigenvalue weighted by Crippen LogP contribution is 2.33. The third-order valence-electron chi connectivity index (χ3n) is 4.44. The Morgan fingerprint density at radius 2 is 2.00 bits per heavy atom. The molecule has 1 aliphatic carbocycles. The highest BCUT2D eigenvalue weighted by molar-refractivity contribution is 5.35. The van der Waals surface area contributed by atoms with E-state index in [1.807, 2.05) is 12.1 Å². The standard InChI is InChI=1S/C18H29NO2/c1-4-19-13-18(15-10-6-8-12-17(15)20-3)21-16-11-7-5-9-14(16)2/h6,8,10,12,14,16,18-19H,4-5,7,9,11,13H2,1-3H3. The third kappa shape index (κ3) is 4.45. The second kappa shape index (κ2) is 8.40. The lowest BCUT2D eigenvalue weighted by Gasteiger charge is -2.33. The summed E-state index contributed by atoms with van der Waals surface area (Å²) in [6.45, 7) is 6.23. The molecule has 1 N–H and O–H groups in total. The molecule has 3 nitrogen and oxygen atoms in total. The molecule has 0 saturated heterocycles. The third-order valence-corrected chi connectivity index (χ3v) is 4.44. The first-order valence-electron chi connectivity index (χ1n) is 8.25. The number of para-hydroxylation sites is 1. The molecular formula is C18H29NO2. The number of nitrogens with one attached hydrogen (secondary N) is 1. The molecule has 0 bridgehead atoms. The Bertz CT molecular complexity index is 421. The summed E-state index contributed by atoms with van der Waals surface area (Å²) in [5, 5.41) is 3.42. The Hall–Kier alpha value is -1.06. The lowest BCUT2D eigenvalue weighted by atomic mass is 9.87. The minimum atomic E-state index is 0.0617. The monoisotopic (exact) mass is 291 g/mol. The van der Waals surface area contributed by atoms with Gasteiger partial charge in [-0.25, -0.2) is 0 Å². The number of benzene rings is 1. The predicted octanol–water partition coefficient (Wildman–Crippen LogP) is 3.94. The van der Waals surface area contributed by atoms with Gasteiger partial charge in [0, 0.05) is 12.1 Å². The molecule has 3 atom stereocenters. The smallest absolute Gasteiger partial charge is 0.124 e. The van der Waals surface area contributed by atoms with Crippen LogP contribution in [0, 0.1) is 5.92 Å².